The molecular weight excluding hydrogens is 422 g/mol. The maximum atomic E-state index is 12.5. The number of thioether (sulfide) groups is 1. The van der Waals surface area contributed by atoms with Crippen LogP contribution >= 0.6 is 11.8 Å². The minimum atomic E-state index is -0.181. The predicted molar refractivity (Wildman–Crippen MR) is 129 cm³/mol. The fraction of sp³-hybridized carbons (Fsp3) is 0.250. The van der Waals surface area contributed by atoms with Crippen LogP contribution in [0.2, 0.25) is 0 Å². The lowest BCUT2D eigenvalue weighted by molar-refractivity contribution is -0.116. The summed E-state index contributed by atoms with van der Waals surface area (Å²) < 4.78 is 1.80. The molecule has 1 heterocycles. The molecule has 0 atom stereocenters. The number of nitrogens with zero attached hydrogens (tertiary/aromatic N) is 3. The Morgan fingerprint density at radius 3 is 2.34 bits per heavy atom. The molecule has 1 aromatic heterocycles. The molecule has 0 saturated carbocycles. The van der Waals surface area contributed by atoms with E-state index in [4.69, 9.17) is 0 Å². The highest BCUT2D eigenvalue weighted by Crippen LogP contribution is 2.19. The Labute approximate surface area is 192 Å². The number of rotatable bonds is 9. The van der Waals surface area contributed by atoms with Gasteiger partial charge in [0, 0.05) is 17.9 Å². The van der Waals surface area contributed by atoms with Crippen LogP contribution in [0.15, 0.2) is 60.3 Å². The summed E-state index contributed by atoms with van der Waals surface area (Å²) in [5, 5.41) is 14.7. The second kappa shape index (κ2) is 10.8. The molecule has 0 aliphatic carbocycles. The van der Waals surface area contributed by atoms with Gasteiger partial charge in [0.15, 0.2) is 5.16 Å². The van der Waals surface area contributed by atoms with Crippen LogP contribution in [-0.2, 0) is 22.6 Å². The van der Waals surface area contributed by atoms with Crippen molar-refractivity contribution in [2.45, 2.75) is 38.9 Å². The quantitative estimate of drug-likeness (QED) is 0.376. The minimum Gasteiger partial charge on any atom is -0.326 e. The number of nitrogens with one attached hydrogen (secondary N) is 2. The lowest BCUT2D eigenvalue weighted by atomic mass is 10.1. The van der Waals surface area contributed by atoms with Gasteiger partial charge in [-0.1, -0.05) is 41.6 Å². The van der Waals surface area contributed by atoms with Gasteiger partial charge in [0.1, 0.15) is 5.82 Å². The molecule has 0 bridgehead atoms. The fourth-order valence-electron chi connectivity index (χ4n) is 3.00. The van der Waals surface area contributed by atoms with E-state index in [1.807, 2.05) is 63.2 Å². The van der Waals surface area contributed by atoms with Gasteiger partial charge < -0.3 is 15.2 Å². The number of hydrogen-bond acceptors (Lipinski definition) is 5. The molecule has 0 saturated heterocycles. The van der Waals surface area contributed by atoms with Crippen LogP contribution in [0.25, 0.3) is 0 Å². The Kier molecular flexibility index (Phi) is 7.83. The number of carbonyl (C=O) groups is 2. The average Bonchev–Trinajstić information content (AvgIpc) is 3.12. The van der Waals surface area contributed by atoms with Gasteiger partial charge in [-0.15, -0.1) is 16.8 Å². The molecule has 32 heavy (non-hydrogen) atoms. The number of benzene rings is 2. The van der Waals surface area contributed by atoms with Crippen molar-refractivity contribution in [3.8, 4) is 0 Å². The van der Waals surface area contributed by atoms with Crippen LogP contribution in [0.1, 0.15) is 22.5 Å². The molecule has 166 valence electrons. The molecule has 0 aliphatic heterocycles. The van der Waals surface area contributed by atoms with E-state index in [9.17, 15) is 9.59 Å². The third-order valence-electron chi connectivity index (χ3n) is 4.88. The van der Waals surface area contributed by atoms with Gasteiger partial charge >= 0.3 is 0 Å². The molecule has 3 aromatic rings. The largest absolute Gasteiger partial charge is 0.326 e. The van der Waals surface area contributed by atoms with Crippen molar-refractivity contribution in [1.29, 1.82) is 0 Å². The first-order valence-corrected chi connectivity index (χ1v) is 11.2. The highest BCUT2D eigenvalue weighted by Gasteiger charge is 2.16. The molecule has 2 N–H and O–H groups in total. The zero-order chi connectivity index (χ0) is 23.1. The molecule has 0 spiro atoms. The molecule has 8 heteroatoms. The topological polar surface area (TPSA) is 88.9 Å². The second-order valence-corrected chi connectivity index (χ2v) is 8.47. The van der Waals surface area contributed by atoms with Crippen molar-refractivity contribution >= 4 is 35.0 Å². The third kappa shape index (κ3) is 6.31. The second-order valence-electron chi connectivity index (χ2n) is 7.52. The monoisotopic (exact) mass is 449 g/mol. The number of hydrogen-bond donors (Lipinski definition) is 2. The first kappa shape index (κ1) is 23.3. The van der Waals surface area contributed by atoms with Crippen LogP contribution in [0.5, 0.6) is 0 Å². The SMILES string of the molecule is C=CCn1c(CC(=O)Nc2ccc(C)c(C)c2)nnc1SCC(=O)Nc1ccc(C)cc1. The van der Waals surface area contributed by atoms with Crippen molar-refractivity contribution in [3.05, 3.63) is 77.6 Å². The van der Waals surface area contributed by atoms with Gasteiger partial charge in [-0.25, -0.2) is 0 Å². The number of aromatic nitrogens is 3. The summed E-state index contributed by atoms with van der Waals surface area (Å²) in [7, 11) is 0. The number of carbonyl (C=O) groups excluding carboxylic acids is 2. The first-order valence-electron chi connectivity index (χ1n) is 10.2. The van der Waals surface area contributed by atoms with E-state index in [1.54, 1.807) is 10.6 Å². The lowest BCUT2D eigenvalue weighted by Crippen LogP contribution is -2.18. The molecule has 3 rings (SSSR count). The zero-order valence-electron chi connectivity index (χ0n) is 18.5. The van der Waals surface area contributed by atoms with Crippen molar-refractivity contribution in [1.82, 2.24) is 14.8 Å². The van der Waals surface area contributed by atoms with Crippen LogP contribution < -0.4 is 10.6 Å². The number of anilines is 2. The summed E-state index contributed by atoms with van der Waals surface area (Å²) in [6.07, 6.45) is 1.79. The summed E-state index contributed by atoms with van der Waals surface area (Å²) in [6, 6.07) is 13.4. The lowest BCUT2D eigenvalue weighted by Gasteiger charge is -2.10. The highest BCUT2D eigenvalue weighted by atomic mass is 32.2. The molecule has 0 radical (unpaired) electrons. The van der Waals surface area contributed by atoms with E-state index < -0.39 is 0 Å². The molecule has 0 aliphatic rings. The highest BCUT2D eigenvalue weighted by molar-refractivity contribution is 7.99. The third-order valence-corrected chi connectivity index (χ3v) is 5.85. The van der Waals surface area contributed by atoms with Crippen molar-refractivity contribution < 1.29 is 9.59 Å². The van der Waals surface area contributed by atoms with Crippen molar-refractivity contribution in [3.63, 3.8) is 0 Å². The Bertz CT molecular complexity index is 1120. The summed E-state index contributed by atoms with van der Waals surface area (Å²) >= 11 is 1.27. The first-order chi connectivity index (χ1) is 15.4. The van der Waals surface area contributed by atoms with Gasteiger partial charge in [-0.3, -0.25) is 9.59 Å². The molecule has 0 unspecified atom stereocenters. The van der Waals surface area contributed by atoms with E-state index in [0.717, 1.165) is 22.5 Å². The average molecular weight is 450 g/mol. The normalized spacial score (nSPS) is 10.6. The van der Waals surface area contributed by atoms with E-state index in [-0.39, 0.29) is 24.0 Å². The number of allylic oxidation sites excluding steroid dienone is 1. The standard InChI is InChI=1S/C24H27N5O2S/c1-5-12-29-21(14-22(30)26-20-11-8-17(3)18(4)13-20)27-28-24(29)32-15-23(31)25-19-9-6-16(2)7-10-19/h5-11,13H,1,12,14-15H2,2-4H3,(H,25,31)(H,26,30). The van der Waals surface area contributed by atoms with E-state index in [0.29, 0.717) is 17.5 Å². The maximum Gasteiger partial charge on any atom is 0.234 e. The zero-order valence-corrected chi connectivity index (χ0v) is 19.3. The molecular formula is C24H27N5O2S. The van der Waals surface area contributed by atoms with Crippen molar-refractivity contribution in [2.75, 3.05) is 16.4 Å². The maximum absolute atomic E-state index is 12.5. The predicted octanol–water partition coefficient (Wildman–Crippen LogP) is 4.30. The summed E-state index contributed by atoms with van der Waals surface area (Å²) in [6.45, 7) is 10.2. The van der Waals surface area contributed by atoms with Gasteiger partial charge in [-0.2, -0.15) is 0 Å². The Hall–Kier alpha value is -3.39. The fourth-order valence-corrected chi connectivity index (χ4v) is 3.77. The van der Waals surface area contributed by atoms with Gasteiger partial charge in [-0.05, 0) is 56.2 Å². The Morgan fingerprint density at radius 2 is 1.66 bits per heavy atom. The molecule has 2 amide bonds. The number of aryl methyl sites for hydroxylation is 3. The smallest absolute Gasteiger partial charge is 0.234 e. The van der Waals surface area contributed by atoms with E-state index in [2.05, 4.69) is 27.4 Å². The summed E-state index contributed by atoms with van der Waals surface area (Å²) in [5.74, 6) is 0.381. The van der Waals surface area contributed by atoms with Crippen LogP contribution in [0, 0.1) is 20.8 Å². The van der Waals surface area contributed by atoms with E-state index >= 15 is 0 Å². The molecule has 0 fully saturated rings. The van der Waals surface area contributed by atoms with Crippen molar-refractivity contribution in [2.24, 2.45) is 0 Å². The van der Waals surface area contributed by atoms with Gasteiger partial charge in [0.2, 0.25) is 11.8 Å². The summed E-state index contributed by atoms with van der Waals surface area (Å²) in [4.78, 5) is 24.9. The number of amides is 2. The van der Waals surface area contributed by atoms with Gasteiger partial charge in [0.25, 0.3) is 0 Å². The van der Waals surface area contributed by atoms with Gasteiger partial charge in [0.05, 0.1) is 12.2 Å². The van der Waals surface area contributed by atoms with Crippen LogP contribution in [0.4, 0.5) is 11.4 Å². The Morgan fingerprint density at radius 1 is 0.969 bits per heavy atom. The van der Waals surface area contributed by atoms with Crippen LogP contribution in [0.3, 0.4) is 0 Å². The summed E-state index contributed by atoms with van der Waals surface area (Å²) in [5.41, 5.74) is 4.90. The molecule has 2 aromatic carbocycles. The van der Waals surface area contributed by atoms with Crippen LogP contribution in [-0.4, -0.2) is 32.3 Å². The van der Waals surface area contributed by atoms with E-state index in [1.165, 1.54) is 17.3 Å². The Balaban J connectivity index is 1.61. The molecule has 7 nitrogen and oxygen atoms in total. The minimum absolute atomic E-state index is 0.0733.